The van der Waals surface area contributed by atoms with Crippen molar-refractivity contribution < 1.29 is 9.59 Å². The zero-order chi connectivity index (χ0) is 20.5. The second-order valence-corrected chi connectivity index (χ2v) is 6.67. The second-order valence-electron chi connectivity index (χ2n) is 6.67. The van der Waals surface area contributed by atoms with Crippen LogP contribution < -0.4 is 0 Å². The summed E-state index contributed by atoms with van der Waals surface area (Å²) in [6.45, 7) is 0. The van der Waals surface area contributed by atoms with E-state index in [1.807, 2.05) is 42.5 Å². The molecule has 3 heterocycles. The lowest BCUT2D eigenvalue weighted by molar-refractivity contribution is 0.0660. The Hall–Kier alpha value is -4.39. The van der Waals surface area contributed by atoms with Crippen LogP contribution in [0.3, 0.4) is 0 Å². The Morgan fingerprint density at radius 2 is 1.53 bits per heavy atom. The minimum Gasteiger partial charge on any atom is -0.267 e. The van der Waals surface area contributed by atoms with Crippen molar-refractivity contribution in [2.24, 2.45) is 5.10 Å². The quantitative estimate of drug-likeness (QED) is 0.392. The first-order valence-electron chi connectivity index (χ1n) is 9.29. The predicted octanol–water partition coefficient (Wildman–Crippen LogP) is 3.56. The molecule has 0 saturated heterocycles. The lowest BCUT2D eigenvalue weighted by Gasteiger charge is -2.05. The zero-order valence-corrected chi connectivity index (χ0v) is 15.7. The summed E-state index contributed by atoms with van der Waals surface area (Å²) in [4.78, 5) is 29.3. The van der Waals surface area contributed by atoms with Gasteiger partial charge in [0.05, 0.1) is 23.0 Å². The molecule has 0 fully saturated rings. The van der Waals surface area contributed by atoms with Gasteiger partial charge in [0.15, 0.2) is 0 Å². The van der Waals surface area contributed by atoms with E-state index in [0.29, 0.717) is 22.4 Å². The van der Waals surface area contributed by atoms with Crippen LogP contribution in [0.1, 0.15) is 26.3 Å². The summed E-state index contributed by atoms with van der Waals surface area (Å²) in [5, 5.41) is 9.76. The summed E-state index contributed by atoms with van der Waals surface area (Å²) in [5.74, 6) is -0.879. The third-order valence-electron chi connectivity index (χ3n) is 4.78. The van der Waals surface area contributed by atoms with Crippen molar-refractivity contribution in [2.45, 2.75) is 0 Å². The Morgan fingerprint density at radius 3 is 2.20 bits per heavy atom. The van der Waals surface area contributed by atoms with E-state index >= 15 is 0 Å². The van der Waals surface area contributed by atoms with Crippen molar-refractivity contribution in [3.63, 3.8) is 0 Å². The first-order chi connectivity index (χ1) is 14.7. The van der Waals surface area contributed by atoms with Gasteiger partial charge in [0.2, 0.25) is 0 Å². The van der Waals surface area contributed by atoms with Crippen molar-refractivity contribution in [2.75, 3.05) is 0 Å². The van der Waals surface area contributed by atoms with Crippen LogP contribution in [-0.4, -0.2) is 37.8 Å². The molecule has 0 spiro atoms. The molecule has 0 saturated carbocycles. The summed E-state index contributed by atoms with van der Waals surface area (Å²) in [6, 6.07) is 20.1. The number of benzene rings is 2. The number of carbonyl (C=O) groups excluding carboxylic acids is 2. The lowest BCUT2D eigenvalue weighted by Crippen LogP contribution is -2.24. The minimum atomic E-state index is -0.440. The number of rotatable bonds is 4. The molecule has 144 valence electrons. The maximum Gasteiger partial charge on any atom is 0.282 e. The smallest absolute Gasteiger partial charge is 0.267 e. The largest absolute Gasteiger partial charge is 0.282 e. The van der Waals surface area contributed by atoms with E-state index in [1.165, 1.54) is 6.21 Å². The standard InChI is InChI=1S/C23H15N5O2/c29-22-19-10-4-5-11-20(19)23(30)28(22)25-14-17-15-27(18-8-2-1-3-9-18)26-21(17)16-7-6-12-24-13-16/h1-15H/b25-14-. The maximum absolute atomic E-state index is 12.6. The summed E-state index contributed by atoms with van der Waals surface area (Å²) >= 11 is 0. The molecule has 30 heavy (non-hydrogen) atoms. The van der Waals surface area contributed by atoms with Crippen LogP contribution in [-0.2, 0) is 0 Å². The van der Waals surface area contributed by atoms with Gasteiger partial charge >= 0.3 is 0 Å². The molecule has 4 aromatic rings. The second kappa shape index (κ2) is 7.21. The Kier molecular flexibility index (Phi) is 4.25. The van der Waals surface area contributed by atoms with Gasteiger partial charge in [0, 0.05) is 29.7 Å². The third-order valence-corrected chi connectivity index (χ3v) is 4.78. The van der Waals surface area contributed by atoms with Gasteiger partial charge in [-0.2, -0.15) is 15.2 Å². The fraction of sp³-hybridized carbons (Fsp3) is 0. The van der Waals surface area contributed by atoms with Crippen LogP contribution in [0.2, 0.25) is 0 Å². The molecule has 0 aliphatic carbocycles. The normalized spacial score (nSPS) is 13.3. The van der Waals surface area contributed by atoms with E-state index in [2.05, 4.69) is 15.2 Å². The van der Waals surface area contributed by atoms with Crippen LogP contribution in [0.15, 0.2) is 90.4 Å². The van der Waals surface area contributed by atoms with Crippen molar-refractivity contribution in [3.05, 3.63) is 102 Å². The molecule has 0 atom stereocenters. The van der Waals surface area contributed by atoms with Crippen molar-refractivity contribution >= 4 is 18.0 Å². The number of fused-ring (bicyclic) bond motifs is 1. The summed E-state index contributed by atoms with van der Waals surface area (Å²) in [5.41, 5.74) is 3.69. The summed E-state index contributed by atoms with van der Waals surface area (Å²) in [7, 11) is 0. The van der Waals surface area contributed by atoms with E-state index in [0.717, 1.165) is 16.3 Å². The Morgan fingerprint density at radius 1 is 0.833 bits per heavy atom. The molecule has 0 unspecified atom stereocenters. The van der Waals surface area contributed by atoms with Gasteiger partial charge in [-0.05, 0) is 36.4 Å². The molecular weight excluding hydrogens is 378 g/mol. The lowest BCUT2D eigenvalue weighted by atomic mass is 10.1. The first-order valence-corrected chi connectivity index (χ1v) is 9.29. The third kappa shape index (κ3) is 2.98. The van der Waals surface area contributed by atoms with Gasteiger partial charge in [-0.3, -0.25) is 14.6 Å². The van der Waals surface area contributed by atoms with Crippen LogP contribution in [0, 0.1) is 0 Å². The molecule has 1 aliphatic rings. The highest BCUT2D eigenvalue weighted by atomic mass is 16.2. The fourth-order valence-electron chi connectivity index (χ4n) is 3.32. The highest BCUT2D eigenvalue weighted by molar-refractivity contribution is 6.21. The number of carbonyl (C=O) groups is 2. The van der Waals surface area contributed by atoms with E-state index < -0.39 is 11.8 Å². The first kappa shape index (κ1) is 17.7. The summed E-state index contributed by atoms with van der Waals surface area (Å²) < 4.78 is 1.73. The number of imide groups is 1. The molecule has 0 bridgehead atoms. The number of hydrazone groups is 1. The number of hydrogen-bond donors (Lipinski definition) is 0. The minimum absolute atomic E-state index is 0.354. The molecule has 7 nitrogen and oxygen atoms in total. The highest BCUT2D eigenvalue weighted by Crippen LogP contribution is 2.24. The van der Waals surface area contributed by atoms with Gasteiger partial charge in [-0.15, -0.1) is 0 Å². The monoisotopic (exact) mass is 393 g/mol. The maximum atomic E-state index is 12.6. The number of hydrogen-bond acceptors (Lipinski definition) is 5. The molecule has 5 rings (SSSR count). The van der Waals surface area contributed by atoms with Gasteiger partial charge < -0.3 is 0 Å². The molecule has 0 N–H and O–H groups in total. The molecule has 0 radical (unpaired) electrons. The molecule has 2 aromatic carbocycles. The summed E-state index contributed by atoms with van der Waals surface area (Å²) in [6.07, 6.45) is 6.68. The van der Waals surface area contributed by atoms with Crippen molar-refractivity contribution in [1.82, 2.24) is 19.8 Å². The van der Waals surface area contributed by atoms with Crippen LogP contribution >= 0.6 is 0 Å². The Bertz CT molecular complexity index is 1240. The van der Waals surface area contributed by atoms with Crippen LogP contribution in [0.4, 0.5) is 0 Å². The van der Waals surface area contributed by atoms with E-state index in [4.69, 9.17) is 0 Å². The zero-order valence-electron chi connectivity index (χ0n) is 15.7. The average molecular weight is 393 g/mol. The number of para-hydroxylation sites is 1. The van der Waals surface area contributed by atoms with Gasteiger partial charge in [-0.25, -0.2) is 4.68 Å². The van der Waals surface area contributed by atoms with Gasteiger partial charge in [-0.1, -0.05) is 30.3 Å². The fourth-order valence-corrected chi connectivity index (χ4v) is 3.32. The molecule has 1 aliphatic heterocycles. The highest BCUT2D eigenvalue weighted by Gasteiger charge is 2.35. The average Bonchev–Trinajstić information content (AvgIpc) is 3.34. The van der Waals surface area contributed by atoms with Gasteiger partial charge in [0.25, 0.3) is 11.8 Å². The Labute approximate surface area is 171 Å². The van der Waals surface area contributed by atoms with E-state index in [9.17, 15) is 9.59 Å². The topological polar surface area (TPSA) is 80.5 Å². The SMILES string of the molecule is O=C1c2ccccc2C(=O)N1/N=C\c1cn(-c2ccccc2)nc1-c1cccnc1. The molecular formula is C23H15N5O2. The number of nitrogens with zero attached hydrogens (tertiary/aromatic N) is 5. The molecule has 2 amide bonds. The molecule has 2 aromatic heterocycles. The van der Waals surface area contributed by atoms with E-state index in [1.54, 1.807) is 47.5 Å². The number of amides is 2. The van der Waals surface area contributed by atoms with Gasteiger partial charge in [0.1, 0.15) is 5.69 Å². The van der Waals surface area contributed by atoms with Crippen LogP contribution in [0.25, 0.3) is 16.9 Å². The number of pyridine rings is 1. The van der Waals surface area contributed by atoms with Crippen molar-refractivity contribution in [3.8, 4) is 16.9 Å². The predicted molar refractivity (Wildman–Crippen MR) is 111 cm³/mol. The molecule has 7 heteroatoms. The number of aromatic nitrogens is 3. The van der Waals surface area contributed by atoms with Crippen LogP contribution in [0.5, 0.6) is 0 Å². The van der Waals surface area contributed by atoms with Crippen molar-refractivity contribution in [1.29, 1.82) is 0 Å². The van der Waals surface area contributed by atoms with E-state index in [-0.39, 0.29) is 0 Å². The Balaban J connectivity index is 1.55.